The number of benzene rings is 1. The average Bonchev–Trinajstić information content (AvgIpc) is 2.59. The van der Waals surface area contributed by atoms with E-state index in [1.807, 2.05) is 39.8 Å². The first kappa shape index (κ1) is 16.7. The van der Waals surface area contributed by atoms with Crippen LogP contribution in [0.5, 0.6) is 0 Å². The molecule has 1 fully saturated rings. The standard InChI is InChI=1S/C15H20BBrFNO2/c1-14(2)15(3,4)21-16(20-14)11(9-19)7-10-5-6-12(17)13(18)8-10/h5-8H,9,19H2,1-4H3. The first-order valence-electron chi connectivity index (χ1n) is 6.87. The fourth-order valence-corrected chi connectivity index (χ4v) is 2.28. The maximum atomic E-state index is 13.6. The molecule has 1 aromatic rings. The summed E-state index contributed by atoms with van der Waals surface area (Å²) < 4.78 is 26.0. The van der Waals surface area contributed by atoms with Crippen LogP contribution in [0.2, 0.25) is 0 Å². The second-order valence-corrected chi connectivity index (χ2v) is 7.04. The van der Waals surface area contributed by atoms with Gasteiger partial charge in [-0.05, 0) is 66.8 Å². The van der Waals surface area contributed by atoms with Gasteiger partial charge >= 0.3 is 7.12 Å². The Balaban J connectivity index is 2.28. The van der Waals surface area contributed by atoms with E-state index in [0.717, 1.165) is 11.0 Å². The summed E-state index contributed by atoms with van der Waals surface area (Å²) >= 11 is 3.14. The largest absolute Gasteiger partial charge is 0.491 e. The van der Waals surface area contributed by atoms with Crippen LogP contribution in [0.4, 0.5) is 4.39 Å². The third kappa shape index (κ3) is 3.39. The van der Waals surface area contributed by atoms with Crippen molar-refractivity contribution in [1.29, 1.82) is 0 Å². The molecule has 1 aliphatic rings. The van der Waals surface area contributed by atoms with Gasteiger partial charge in [0.25, 0.3) is 0 Å². The molecule has 1 aromatic carbocycles. The summed E-state index contributed by atoms with van der Waals surface area (Å²) in [6.45, 7) is 8.23. The van der Waals surface area contributed by atoms with Crippen LogP contribution in [0.1, 0.15) is 33.3 Å². The molecule has 21 heavy (non-hydrogen) atoms. The first-order valence-corrected chi connectivity index (χ1v) is 7.67. The minimum atomic E-state index is -0.508. The third-order valence-electron chi connectivity index (χ3n) is 4.09. The van der Waals surface area contributed by atoms with Gasteiger partial charge in [0.2, 0.25) is 0 Å². The van der Waals surface area contributed by atoms with E-state index in [4.69, 9.17) is 15.0 Å². The highest BCUT2D eigenvalue weighted by atomic mass is 79.9. The van der Waals surface area contributed by atoms with Gasteiger partial charge in [0.05, 0.1) is 15.7 Å². The van der Waals surface area contributed by atoms with Crippen molar-refractivity contribution >= 4 is 29.1 Å². The lowest BCUT2D eigenvalue weighted by atomic mass is 9.77. The van der Waals surface area contributed by atoms with Crippen LogP contribution in [0.3, 0.4) is 0 Å². The maximum absolute atomic E-state index is 13.6. The van der Waals surface area contributed by atoms with Gasteiger partial charge in [0.1, 0.15) is 5.82 Å². The number of nitrogens with two attached hydrogens (primary N) is 1. The molecular formula is C15H20BBrFNO2. The first-order chi connectivity index (χ1) is 9.66. The summed E-state index contributed by atoms with van der Waals surface area (Å²) in [5.41, 5.74) is 6.49. The SMILES string of the molecule is CC1(C)OB(C(=Cc2ccc(Br)c(F)c2)CN)OC1(C)C. The zero-order valence-electron chi connectivity index (χ0n) is 12.7. The molecule has 3 nitrogen and oxygen atoms in total. The van der Waals surface area contributed by atoms with Crippen LogP contribution in [0.15, 0.2) is 28.1 Å². The van der Waals surface area contributed by atoms with E-state index < -0.39 is 18.3 Å². The van der Waals surface area contributed by atoms with Gasteiger partial charge in [-0.1, -0.05) is 12.1 Å². The Hall–Kier alpha value is -0.685. The molecule has 0 radical (unpaired) electrons. The lowest BCUT2D eigenvalue weighted by Gasteiger charge is -2.32. The van der Waals surface area contributed by atoms with E-state index in [-0.39, 0.29) is 12.4 Å². The van der Waals surface area contributed by atoms with Crippen molar-refractivity contribution in [3.63, 3.8) is 0 Å². The average molecular weight is 356 g/mol. The van der Waals surface area contributed by atoms with E-state index in [9.17, 15) is 4.39 Å². The van der Waals surface area contributed by atoms with E-state index >= 15 is 0 Å². The maximum Gasteiger partial charge on any atom is 0.491 e. The quantitative estimate of drug-likeness (QED) is 0.843. The molecule has 2 N–H and O–H groups in total. The van der Waals surface area contributed by atoms with Crippen molar-refractivity contribution in [3.8, 4) is 0 Å². The van der Waals surface area contributed by atoms with Crippen molar-refractivity contribution in [2.45, 2.75) is 38.9 Å². The minimum Gasteiger partial charge on any atom is -0.400 e. The number of hydrogen-bond acceptors (Lipinski definition) is 3. The van der Waals surface area contributed by atoms with Crippen LogP contribution in [-0.2, 0) is 9.31 Å². The third-order valence-corrected chi connectivity index (χ3v) is 4.73. The molecule has 0 atom stereocenters. The van der Waals surface area contributed by atoms with Gasteiger partial charge in [0.15, 0.2) is 0 Å². The van der Waals surface area contributed by atoms with Gasteiger partial charge in [0, 0.05) is 6.54 Å². The predicted octanol–water partition coefficient (Wildman–Crippen LogP) is 3.56. The highest BCUT2D eigenvalue weighted by Crippen LogP contribution is 2.38. The van der Waals surface area contributed by atoms with Gasteiger partial charge in [-0.25, -0.2) is 4.39 Å². The molecule has 0 saturated carbocycles. The molecule has 1 heterocycles. The molecule has 1 saturated heterocycles. The van der Waals surface area contributed by atoms with Crippen molar-refractivity contribution in [3.05, 3.63) is 39.5 Å². The number of hydrogen-bond donors (Lipinski definition) is 1. The summed E-state index contributed by atoms with van der Waals surface area (Å²) in [7, 11) is -0.508. The van der Waals surface area contributed by atoms with E-state index in [1.165, 1.54) is 6.07 Å². The molecule has 0 spiro atoms. The molecule has 2 rings (SSSR count). The lowest BCUT2D eigenvalue weighted by Crippen LogP contribution is -2.41. The minimum absolute atomic E-state index is 0.286. The van der Waals surface area contributed by atoms with Crippen molar-refractivity contribution in [2.75, 3.05) is 6.54 Å². The normalized spacial score (nSPS) is 20.9. The Morgan fingerprint density at radius 1 is 1.29 bits per heavy atom. The van der Waals surface area contributed by atoms with Gasteiger partial charge < -0.3 is 15.0 Å². The predicted molar refractivity (Wildman–Crippen MR) is 87.2 cm³/mol. The summed E-state index contributed by atoms with van der Waals surface area (Å²) in [6, 6.07) is 4.93. The highest BCUT2D eigenvalue weighted by molar-refractivity contribution is 9.10. The second-order valence-electron chi connectivity index (χ2n) is 6.19. The molecule has 0 aromatic heterocycles. The lowest BCUT2D eigenvalue weighted by molar-refractivity contribution is 0.00578. The smallest absolute Gasteiger partial charge is 0.400 e. The topological polar surface area (TPSA) is 44.5 Å². The molecule has 0 unspecified atom stereocenters. The Kier molecular flexibility index (Phi) is 4.64. The van der Waals surface area contributed by atoms with Crippen LogP contribution in [-0.4, -0.2) is 24.9 Å². The van der Waals surface area contributed by atoms with Crippen LogP contribution in [0.25, 0.3) is 6.08 Å². The molecule has 0 amide bonds. The zero-order chi connectivity index (χ0) is 15.8. The van der Waals surface area contributed by atoms with Crippen LogP contribution in [0, 0.1) is 5.82 Å². The zero-order valence-corrected chi connectivity index (χ0v) is 14.3. The Bertz CT molecular complexity index is 559. The highest BCUT2D eigenvalue weighted by Gasteiger charge is 2.52. The van der Waals surface area contributed by atoms with E-state index in [2.05, 4.69) is 15.9 Å². The van der Waals surface area contributed by atoms with Gasteiger partial charge in [-0.3, -0.25) is 0 Å². The summed E-state index contributed by atoms with van der Waals surface area (Å²) in [5.74, 6) is -0.311. The van der Waals surface area contributed by atoms with Gasteiger partial charge in [-0.2, -0.15) is 0 Å². The van der Waals surface area contributed by atoms with Crippen molar-refractivity contribution in [1.82, 2.24) is 0 Å². The summed E-state index contributed by atoms with van der Waals surface area (Å²) in [6.07, 6.45) is 1.82. The molecular weight excluding hydrogens is 336 g/mol. The summed E-state index contributed by atoms with van der Waals surface area (Å²) in [5, 5.41) is 0. The van der Waals surface area contributed by atoms with E-state index in [1.54, 1.807) is 6.07 Å². The molecule has 0 aliphatic carbocycles. The molecule has 6 heteroatoms. The fraction of sp³-hybridized carbons (Fsp3) is 0.467. The molecule has 1 aliphatic heterocycles. The Morgan fingerprint density at radius 3 is 2.33 bits per heavy atom. The fourth-order valence-electron chi connectivity index (χ4n) is 2.03. The number of rotatable bonds is 3. The Labute approximate surface area is 134 Å². The number of halogens is 2. The molecule has 114 valence electrons. The van der Waals surface area contributed by atoms with Gasteiger partial charge in [-0.15, -0.1) is 0 Å². The van der Waals surface area contributed by atoms with Crippen LogP contribution >= 0.6 is 15.9 Å². The van der Waals surface area contributed by atoms with Crippen LogP contribution < -0.4 is 5.73 Å². The summed E-state index contributed by atoms with van der Waals surface area (Å²) in [4.78, 5) is 0. The van der Waals surface area contributed by atoms with E-state index in [0.29, 0.717) is 4.47 Å². The Morgan fingerprint density at radius 2 is 1.86 bits per heavy atom. The van der Waals surface area contributed by atoms with Crippen molar-refractivity contribution < 1.29 is 13.7 Å². The second kappa shape index (κ2) is 5.84. The monoisotopic (exact) mass is 355 g/mol. The van der Waals surface area contributed by atoms with Crippen molar-refractivity contribution in [2.24, 2.45) is 5.73 Å². The molecule has 0 bridgehead atoms.